The average Bonchev–Trinajstić information content (AvgIpc) is 3.35. The van der Waals surface area contributed by atoms with Crippen molar-refractivity contribution in [1.82, 2.24) is 24.8 Å². The van der Waals surface area contributed by atoms with Crippen molar-refractivity contribution in [2.45, 2.75) is 19.4 Å². The number of rotatable bonds is 9. The maximum absolute atomic E-state index is 14.9. The molecular formula is C26H34FN9O2. The highest BCUT2D eigenvalue weighted by Crippen LogP contribution is 2.33. The average molecular weight is 524 g/mol. The number of aromatic nitrogens is 3. The third-order valence-corrected chi connectivity index (χ3v) is 6.63. The predicted molar refractivity (Wildman–Crippen MR) is 147 cm³/mol. The highest BCUT2D eigenvalue weighted by atomic mass is 19.1. The number of aliphatic imine (C=N–C) groups is 1. The van der Waals surface area contributed by atoms with Gasteiger partial charge in [-0.25, -0.2) is 14.4 Å². The van der Waals surface area contributed by atoms with Gasteiger partial charge < -0.3 is 31.0 Å². The van der Waals surface area contributed by atoms with Gasteiger partial charge >= 0.3 is 0 Å². The second-order valence-corrected chi connectivity index (χ2v) is 9.07. The summed E-state index contributed by atoms with van der Waals surface area (Å²) >= 11 is 0. The molecule has 1 saturated heterocycles. The lowest BCUT2D eigenvalue weighted by Gasteiger charge is -2.36. The smallest absolute Gasteiger partial charge is 0.241 e. The number of hydrogen-bond donors (Lipinski definition) is 4. The Labute approximate surface area is 221 Å². The number of aromatic amines is 1. The number of amides is 1. The lowest BCUT2D eigenvalue weighted by atomic mass is 10.1. The Kier molecular flexibility index (Phi) is 8.54. The van der Waals surface area contributed by atoms with Crippen molar-refractivity contribution in [3.63, 3.8) is 0 Å². The fourth-order valence-electron chi connectivity index (χ4n) is 4.55. The van der Waals surface area contributed by atoms with Crippen molar-refractivity contribution in [1.29, 1.82) is 0 Å². The molecule has 0 spiro atoms. The molecule has 202 valence electrons. The maximum atomic E-state index is 14.9. The molecule has 38 heavy (non-hydrogen) atoms. The molecule has 1 atom stereocenters. The minimum absolute atomic E-state index is 0.0620. The van der Waals surface area contributed by atoms with Crippen molar-refractivity contribution in [2.75, 3.05) is 58.0 Å². The van der Waals surface area contributed by atoms with Crippen LogP contribution in [0, 0.1) is 5.82 Å². The molecule has 0 aliphatic carbocycles. The number of para-hydroxylation sites is 1. The molecule has 2 aromatic heterocycles. The van der Waals surface area contributed by atoms with Crippen LogP contribution in [0.25, 0.3) is 22.2 Å². The minimum Gasteiger partial charge on any atom is -0.481 e. The Hall–Kier alpha value is -4.03. The van der Waals surface area contributed by atoms with E-state index >= 15 is 0 Å². The van der Waals surface area contributed by atoms with Crippen LogP contribution in [0.1, 0.15) is 13.3 Å². The molecule has 4 rings (SSSR count). The number of anilines is 2. The molecule has 3 aromatic rings. The van der Waals surface area contributed by atoms with Crippen LogP contribution in [0.5, 0.6) is 0 Å². The van der Waals surface area contributed by atoms with Crippen LogP contribution in [0.4, 0.5) is 16.0 Å². The molecule has 0 radical (unpaired) electrons. The van der Waals surface area contributed by atoms with Gasteiger partial charge in [0.1, 0.15) is 11.4 Å². The van der Waals surface area contributed by atoms with E-state index in [1.165, 1.54) is 13.3 Å². The number of H-pyrrole nitrogens is 1. The summed E-state index contributed by atoms with van der Waals surface area (Å²) in [5, 5.41) is 6.71. The van der Waals surface area contributed by atoms with Crippen molar-refractivity contribution >= 4 is 34.7 Å². The van der Waals surface area contributed by atoms with E-state index in [2.05, 4.69) is 47.4 Å². The van der Waals surface area contributed by atoms with Gasteiger partial charge in [-0.15, -0.1) is 0 Å². The van der Waals surface area contributed by atoms with Gasteiger partial charge in [0.15, 0.2) is 5.82 Å². The van der Waals surface area contributed by atoms with Gasteiger partial charge in [0.2, 0.25) is 17.7 Å². The number of nitrogens with zero attached hydrogens (tertiary/aromatic N) is 5. The molecule has 0 unspecified atom stereocenters. The first-order valence-electron chi connectivity index (χ1n) is 12.5. The zero-order chi connectivity index (χ0) is 27.2. The third-order valence-electron chi connectivity index (χ3n) is 6.63. The van der Waals surface area contributed by atoms with E-state index in [0.29, 0.717) is 34.3 Å². The van der Waals surface area contributed by atoms with Crippen LogP contribution < -0.4 is 16.4 Å². The molecule has 5 N–H and O–H groups in total. The number of nitrogens with one attached hydrogen (secondary N) is 3. The number of piperazine rings is 1. The number of methoxy groups -OCH3 is 1. The highest BCUT2D eigenvalue weighted by Gasteiger charge is 2.27. The third kappa shape index (κ3) is 5.76. The number of benzene rings is 1. The minimum atomic E-state index is -0.596. The molecule has 1 aliphatic heterocycles. The lowest BCUT2D eigenvalue weighted by Crippen LogP contribution is -2.52. The Morgan fingerprint density at radius 1 is 1.32 bits per heavy atom. The number of ether oxygens (including phenoxy) is 1. The molecule has 1 amide bonds. The second kappa shape index (κ2) is 12.0. The Morgan fingerprint density at radius 2 is 2.08 bits per heavy atom. The number of allylic oxidation sites excluding steroid dienone is 1. The van der Waals surface area contributed by atoms with Crippen molar-refractivity contribution in [3.05, 3.63) is 48.0 Å². The molecule has 1 aromatic carbocycles. The fourth-order valence-corrected chi connectivity index (χ4v) is 4.55. The van der Waals surface area contributed by atoms with E-state index in [-0.39, 0.29) is 29.5 Å². The zero-order valence-corrected chi connectivity index (χ0v) is 22.1. The molecule has 3 heterocycles. The van der Waals surface area contributed by atoms with E-state index < -0.39 is 5.82 Å². The van der Waals surface area contributed by atoms with Crippen molar-refractivity contribution in [3.8, 4) is 11.3 Å². The van der Waals surface area contributed by atoms with E-state index in [1.54, 1.807) is 13.2 Å². The van der Waals surface area contributed by atoms with E-state index in [0.717, 1.165) is 32.4 Å². The molecule has 1 fully saturated rings. The van der Waals surface area contributed by atoms with Gasteiger partial charge in [-0.3, -0.25) is 14.7 Å². The summed E-state index contributed by atoms with van der Waals surface area (Å²) in [6.45, 7) is 5.58. The number of fused-ring (bicyclic) bond motifs is 1. The lowest BCUT2D eigenvalue weighted by molar-refractivity contribution is -0.122. The van der Waals surface area contributed by atoms with Gasteiger partial charge in [-0.05, 0) is 19.5 Å². The van der Waals surface area contributed by atoms with E-state index in [1.807, 2.05) is 25.1 Å². The van der Waals surface area contributed by atoms with Crippen molar-refractivity contribution in [2.24, 2.45) is 10.7 Å². The van der Waals surface area contributed by atoms with Crippen LogP contribution in [0.3, 0.4) is 0 Å². The molecular weight excluding hydrogens is 489 g/mol. The SMILES string of the molecule is CC[C@H](C(=O)Nc1cccc2c(-c3nc(NC(C=NC)=C(N)OC)ncc3F)c[nH]c12)N1CCN(C)CC1. The summed E-state index contributed by atoms with van der Waals surface area (Å²) in [4.78, 5) is 33.3. The zero-order valence-electron chi connectivity index (χ0n) is 22.1. The van der Waals surface area contributed by atoms with Crippen LogP contribution >= 0.6 is 0 Å². The largest absolute Gasteiger partial charge is 0.481 e. The van der Waals surface area contributed by atoms with Crippen LogP contribution in [0.15, 0.2) is 47.2 Å². The summed E-state index contributed by atoms with van der Waals surface area (Å²) in [5.74, 6) is -0.456. The molecule has 12 heteroatoms. The van der Waals surface area contributed by atoms with Gasteiger partial charge in [-0.1, -0.05) is 19.1 Å². The first-order chi connectivity index (χ1) is 18.4. The van der Waals surface area contributed by atoms with Gasteiger partial charge in [0.25, 0.3) is 0 Å². The Morgan fingerprint density at radius 3 is 2.76 bits per heavy atom. The quantitative estimate of drug-likeness (QED) is 0.248. The summed E-state index contributed by atoms with van der Waals surface area (Å²) in [6, 6.07) is 5.27. The van der Waals surface area contributed by atoms with Crippen LogP contribution in [-0.4, -0.2) is 90.3 Å². The highest BCUT2D eigenvalue weighted by molar-refractivity contribution is 6.06. The number of carbonyl (C=O) groups is 1. The number of nitrogens with two attached hydrogens (primary N) is 1. The molecule has 1 aliphatic rings. The Bertz CT molecular complexity index is 1350. The first kappa shape index (κ1) is 27.0. The van der Waals surface area contributed by atoms with Crippen LogP contribution in [-0.2, 0) is 9.53 Å². The van der Waals surface area contributed by atoms with Crippen LogP contribution in [0.2, 0.25) is 0 Å². The standard InChI is InChI=1S/C26H34FN9O2/c1-5-21(36-11-9-35(3)10-12-36)25(37)32-19-8-6-7-16-17(13-30-23(16)19)22-18(27)14-31-26(34-22)33-20(15-29-2)24(28)38-4/h6-8,13-15,21,30H,5,9-12,28H2,1-4H3,(H,32,37)(H,31,33,34)/t21-/m1/s1. The van der Waals surface area contributed by atoms with E-state index in [4.69, 9.17) is 10.5 Å². The van der Waals surface area contributed by atoms with Gasteiger partial charge in [0, 0.05) is 56.6 Å². The monoisotopic (exact) mass is 523 g/mol. The fraction of sp³-hybridized carbons (Fsp3) is 0.385. The van der Waals surface area contributed by atoms with Gasteiger partial charge in [-0.2, -0.15) is 0 Å². The summed E-state index contributed by atoms with van der Waals surface area (Å²) in [6.07, 6.45) is 4.91. The topological polar surface area (TPSA) is 137 Å². The number of hydrogen-bond acceptors (Lipinski definition) is 9. The maximum Gasteiger partial charge on any atom is 0.241 e. The van der Waals surface area contributed by atoms with E-state index in [9.17, 15) is 9.18 Å². The molecule has 0 bridgehead atoms. The summed E-state index contributed by atoms with van der Waals surface area (Å²) in [7, 11) is 5.09. The van der Waals surface area contributed by atoms with Crippen molar-refractivity contribution < 1.29 is 13.9 Å². The molecule has 0 saturated carbocycles. The Balaban J connectivity index is 1.62. The number of halogens is 1. The second-order valence-electron chi connectivity index (χ2n) is 9.07. The summed E-state index contributed by atoms with van der Waals surface area (Å²) < 4.78 is 20.0. The number of likely N-dealkylation sites (N-methyl/N-ethyl adjacent to an activating group) is 1. The first-order valence-corrected chi connectivity index (χ1v) is 12.5. The predicted octanol–water partition coefficient (Wildman–Crippen LogP) is 2.62. The summed E-state index contributed by atoms with van der Waals surface area (Å²) in [5.41, 5.74) is 8.11. The normalized spacial score (nSPS) is 16.4. The molecule has 11 nitrogen and oxygen atoms in total. The van der Waals surface area contributed by atoms with Gasteiger partial charge in [0.05, 0.1) is 30.6 Å². The number of carbonyl (C=O) groups excluding carboxylic acids is 1.